The van der Waals surface area contributed by atoms with Crippen LogP contribution in [0.15, 0.2) is 54.7 Å². The van der Waals surface area contributed by atoms with Crippen molar-refractivity contribution in [2.45, 2.75) is 39.3 Å². The smallest absolute Gasteiger partial charge is 0.0486 e. The largest absolute Gasteiger partial charge is 0.343 e. The Morgan fingerprint density at radius 2 is 1.64 bits per heavy atom. The van der Waals surface area contributed by atoms with Crippen LogP contribution in [0, 0.1) is 0 Å². The second-order valence-corrected chi connectivity index (χ2v) is 6.95. The van der Waals surface area contributed by atoms with Crippen LogP contribution < -0.4 is 5.73 Å². The van der Waals surface area contributed by atoms with Crippen molar-refractivity contribution < 1.29 is 0 Å². The van der Waals surface area contributed by atoms with Gasteiger partial charge in [-0.25, -0.2) is 0 Å². The first kappa shape index (κ1) is 14.9. The molecule has 0 aliphatic rings. The van der Waals surface area contributed by atoms with Crippen LogP contribution in [-0.2, 0) is 18.5 Å². The minimum atomic E-state index is 0.200. The summed E-state index contributed by atoms with van der Waals surface area (Å²) < 4.78 is 2.30. The van der Waals surface area contributed by atoms with Crippen LogP contribution in [0.3, 0.4) is 0 Å². The van der Waals surface area contributed by atoms with Crippen LogP contribution in [0.2, 0.25) is 0 Å². The summed E-state index contributed by atoms with van der Waals surface area (Å²) in [5.74, 6) is 0. The van der Waals surface area contributed by atoms with Gasteiger partial charge in [0.25, 0.3) is 0 Å². The Morgan fingerprint density at radius 1 is 0.955 bits per heavy atom. The third-order valence-corrected chi connectivity index (χ3v) is 4.26. The molecule has 0 bridgehead atoms. The highest BCUT2D eigenvalue weighted by Crippen LogP contribution is 2.24. The number of rotatable bonds is 3. The Labute approximate surface area is 132 Å². The lowest BCUT2D eigenvalue weighted by atomic mass is 9.87. The number of hydrogen-bond acceptors (Lipinski definition) is 1. The van der Waals surface area contributed by atoms with E-state index in [4.69, 9.17) is 5.73 Å². The summed E-state index contributed by atoms with van der Waals surface area (Å²) in [7, 11) is 0. The third-order valence-electron chi connectivity index (χ3n) is 4.26. The van der Waals surface area contributed by atoms with Crippen LogP contribution >= 0.6 is 0 Å². The summed E-state index contributed by atoms with van der Waals surface area (Å²) >= 11 is 0. The second-order valence-electron chi connectivity index (χ2n) is 6.95. The average molecular weight is 292 g/mol. The van der Waals surface area contributed by atoms with Gasteiger partial charge in [0.1, 0.15) is 0 Å². The Balaban J connectivity index is 1.93. The molecule has 0 spiro atoms. The number of nitrogens with zero attached hydrogens (tertiary/aromatic N) is 1. The summed E-state index contributed by atoms with van der Waals surface area (Å²) in [6, 6.07) is 17.4. The van der Waals surface area contributed by atoms with E-state index in [2.05, 4.69) is 80.1 Å². The van der Waals surface area contributed by atoms with Crippen molar-refractivity contribution in [3.63, 3.8) is 0 Å². The molecule has 0 radical (unpaired) electrons. The van der Waals surface area contributed by atoms with Gasteiger partial charge < -0.3 is 10.3 Å². The van der Waals surface area contributed by atoms with Gasteiger partial charge in [0.15, 0.2) is 0 Å². The van der Waals surface area contributed by atoms with Crippen LogP contribution in [0.4, 0.5) is 0 Å². The van der Waals surface area contributed by atoms with E-state index in [1.807, 2.05) is 0 Å². The SMILES string of the molecule is CC(C)(C)c1ccc(Cn2cc(CN)c3ccccc32)cc1. The standard InChI is InChI=1S/C20H24N2/c1-20(2,3)17-10-8-15(9-11-17)13-22-14-16(12-21)18-6-4-5-7-19(18)22/h4-11,14H,12-13,21H2,1-3H3. The van der Waals surface area contributed by atoms with E-state index in [1.165, 1.54) is 27.6 Å². The van der Waals surface area contributed by atoms with Crippen molar-refractivity contribution in [3.05, 3.63) is 71.4 Å². The molecule has 0 atom stereocenters. The molecule has 114 valence electrons. The maximum absolute atomic E-state index is 5.88. The summed E-state index contributed by atoms with van der Waals surface area (Å²) in [6.07, 6.45) is 2.18. The zero-order valence-electron chi connectivity index (χ0n) is 13.6. The molecule has 0 saturated carbocycles. The first-order chi connectivity index (χ1) is 10.5. The second kappa shape index (κ2) is 5.62. The molecule has 0 saturated heterocycles. The first-order valence-electron chi connectivity index (χ1n) is 7.85. The summed E-state index contributed by atoms with van der Waals surface area (Å²) in [5.41, 5.74) is 11.2. The fourth-order valence-electron chi connectivity index (χ4n) is 2.92. The van der Waals surface area contributed by atoms with Crippen molar-refractivity contribution in [2.24, 2.45) is 5.73 Å². The van der Waals surface area contributed by atoms with Gasteiger partial charge in [-0.2, -0.15) is 0 Å². The van der Waals surface area contributed by atoms with Crippen molar-refractivity contribution in [2.75, 3.05) is 0 Å². The molecule has 3 rings (SSSR count). The molecule has 1 heterocycles. The van der Waals surface area contributed by atoms with Gasteiger partial charge in [0, 0.05) is 30.2 Å². The fraction of sp³-hybridized carbons (Fsp3) is 0.300. The monoisotopic (exact) mass is 292 g/mol. The highest BCUT2D eigenvalue weighted by molar-refractivity contribution is 5.84. The van der Waals surface area contributed by atoms with Gasteiger partial charge in [-0.1, -0.05) is 63.2 Å². The maximum Gasteiger partial charge on any atom is 0.0486 e. The normalized spacial score (nSPS) is 12.0. The van der Waals surface area contributed by atoms with E-state index in [9.17, 15) is 0 Å². The number of nitrogens with two attached hydrogens (primary N) is 1. The molecule has 2 heteroatoms. The molecule has 0 fully saturated rings. The molecule has 2 aromatic carbocycles. The number of fused-ring (bicyclic) bond motifs is 1. The quantitative estimate of drug-likeness (QED) is 0.760. The Morgan fingerprint density at radius 3 is 2.27 bits per heavy atom. The number of aromatic nitrogens is 1. The Kier molecular flexibility index (Phi) is 3.79. The highest BCUT2D eigenvalue weighted by atomic mass is 15.0. The number of benzene rings is 2. The minimum absolute atomic E-state index is 0.200. The van der Waals surface area contributed by atoms with Gasteiger partial charge in [-0.3, -0.25) is 0 Å². The average Bonchev–Trinajstić information content (AvgIpc) is 2.85. The Hall–Kier alpha value is -2.06. The van der Waals surface area contributed by atoms with Crippen molar-refractivity contribution >= 4 is 10.9 Å². The summed E-state index contributed by atoms with van der Waals surface area (Å²) in [6.45, 7) is 8.19. The maximum atomic E-state index is 5.88. The lowest BCUT2D eigenvalue weighted by Gasteiger charge is -2.19. The highest BCUT2D eigenvalue weighted by Gasteiger charge is 2.13. The van der Waals surface area contributed by atoms with Crippen LogP contribution in [0.25, 0.3) is 10.9 Å². The van der Waals surface area contributed by atoms with Gasteiger partial charge >= 0.3 is 0 Å². The molecule has 2 nitrogen and oxygen atoms in total. The summed E-state index contributed by atoms with van der Waals surface area (Å²) in [5, 5.41) is 1.26. The van der Waals surface area contributed by atoms with Crippen LogP contribution in [0.1, 0.15) is 37.5 Å². The first-order valence-corrected chi connectivity index (χ1v) is 7.85. The van der Waals surface area contributed by atoms with Gasteiger partial charge in [0.2, 0.25) is 0 Å². The van der Waals surface area contributed by atoms with Gasteiger partial charge in [0.05, 0.1) is 0 Å². The Bertz CT molecular complexity index is 774. The van der Waals surface area contributed by atoms with Crippen molar-refractivity contribution in [3.8, 4) is 0 Å². The molecule has 3 aromatic rings. The van der Waals surface area contributed by atoms with E-state index in [1.54, 1.807) is 0 Å². The molecule has 0 aliphatic carbocycles. The molecule has 1 aromatic heterocycles. The van der Waals surface area contributed by atoms with Crippen molar-refractivity contribution in [1.82, 2.24) is 4.57 Å². The van der Waals surface area contributed by atoms with E-state index < -0.39 is 0 Å². The number of hydrogen-bond donors (Lipinski definition) is 1. The molecule has 0 aliphatic heterocycles. The predicted molar refractivity (Wildman–Crippen MR) is 94.1 cm³/mol. The number of para-hydroxylation sites is 1. The lowest BCUT2D eigenvalue weighted by molar-refractivity contribution is 0.590. The van der Waals surface area contributed by atoms with E-state index in [-0.39, 0.29) is 5.41 Å². The van der Waals surface area contributed by atoms with E-state index in [0.717, 1.165) is 6.54 Å². The zero-order valence-corrected chi connectivity index (χ0v) is 13.6. The fourth-order valence-corrected chi connectivity index (χ4v) is 2.92. The molecule has 0 amide bonds. The van der Waals surface area contributed by atoms with E-state index in [0.29, 0.717) is 6.54 Å². The molecule has 0 unspecified atom stereocenters. The zero-order chi connectivity index (χ0) is 15.7. The van der Waals surface area contributed by atoms with Gasteiger partial charge in [-0.15, -0.1) is 0 Å². The molecular formula is C20H24N2. The topological polar surface area (TPSA) is 30.9 Å². The molecule has 2 N–H and O–H groups in total. The lowest BCUT2D eigenvalue weighted by Crippen LogP contribution is -2.11. The minimum Gasteiger partial charge on any atom is -0.343 e. The van der Waals surface area contributed by atoms with Crippen LogP contribution in [-0.4, -0.2) is 4.57 Å². The third kappa shape index (κ3) is 2.79. The van der Waals surface area contributed by atoms with Crippen LogP contribution in [0.5, 0.6) is 0 Å². The van der Waals surface area contributed by atoms with Crippen molar-refractivity contribution in [1.29, 1.82) is 0 Å². The predicted octanol–water partition coefficient (Wildman–Crippen LogP) is 4.45. The molecular weight excluding hydrogens is 268 g/mol. The molecule has 22 heavy (non-hydrogen) atoms. The summed E-state index contributed by atoms with van der Waals surface area (Å²) in [4.78, 5) is 0. The van der Waals surface area contributed by atoms with E-state index >= 15 is 0 Å². The van der Waals surface area contributed by atoms with Gasteiger partial charge in [-0.05, 0) is 28.2 Å².